The third kappa shape index (κ3) is 5.75. The van der Waals surface area contributed by atoms with E-state index in [1.54, 1.807) is 61.5 Å². The molecule has 4 N–H and O–H groups in total. The first-order chi connectivity index (χ1) is 15.8. The molecule has 3 aromatic rings. The van der Waals surface area contributed by atoms with E-state index >= 15 is 0 Å². The number of Topliss-reactive ketones (excluding diaryl/α,β-unsaturated/α-hetero) is 1. The molecular formula is C25H24N2O6. The largest absolute Gasteiger partial charge is 0.507 e. The summed E-state index contributed by atoms with van der Waals surface area (Å²) in [5.41, 5.74) is 3.11. The van der Waals surface area contributed by atoms with Gasteiger partial charge in [0.15, 0.2) is 5.78 Å². The van der Waals surface area contributed by atoms with E-state index in [1.807, 2.05) is 0 Å². The van der Waals surface area contributed by atoms with Gasteiger partial charge in [-0.05, 0) is 42.6 Å². The molecule has 0 aromatic heterocycles. The van der Waals surface area contributed by atoms with Crippen molar-refractivity contribution in [2.75, 3.05) is 5.32 Å². The second kappa shape index (κ2) is 10.4. The summed E-state index contributed by atoms with van der Waals surface area (Å²) in [6.45, 7) is 3.21. The average molecular weight is 448 g/mol. The zero-order chi connectivity index (χ0) is 24.0. The fourth-order valence-corrected chi connectivity index (χ4v) is 3.44. The molecule has 8 nitrogen and oxygen atoms in total. The standard InChI is InChI=1S/C25H24N2O6/c1-15(7-14-23(30)27-32)24(21-12-13-22(29)20-6-4-3-5-19(20)21)33-25(31)26-18-10-8-17(9-11-18)16(2)28/h3-15,24,29,32H,1-2H3,(H,26,31)(H,27,30)/b14-7+/t15-,24-/m0/s1. The third-order valence-corrected chi connectivity index (χ3v) is 5.15. The quantitative estimate of drug-likeness (QED) is 0.179. The highest BCUT2D eigenvalue weighted by atomic mass is 16.6. The molecular weight excluding hydrogens is 424 g/mol. The van der Waals surface area contributed by atoms with E-state index in [2.05, 4.69) is 5.32 Å². The fraction of sp³-hybridized carbons (Fsp3) is 0.160. The van der Waals surface area contributed by atoms with Gasteiger partial charge in [-0.25, -0.2) is 10.3 Å². The van der Waals surface area contributed by atoms with Crippen LogP contribution in [0, 0.1) is 5.92 Å². The summed E-state index contributed by atoms with van der Waals surface area (Å²) in [7, 11) is 0. The third-order valence-electron chi connectivity index (χ3n) is 5.15. The number of phenols is 1. The minimum Gasteiger partial charge on any atom is -0.507 e. The van der Waals surface area contributed by atoms with Crippen LogP contribution in [0.5, 0.6) is 5.75 Å². The minimum atomic E-state index is -0.824. The van der Waals surface area contributed by atoms with Crippen LogP contribution in [0.15, 0.2) is 72.8 Å². The van der Waals surface area contributed by atoms with Gasteiger partial charge in [-0.3, -0.25) is 20.1 Å². The molecule has 33 heavy (non-hydrogen) atoms. The van der Waals surface area contributed by atoms with Gasteiger partial charge in [0.05, 0.1) is 0 Å². The normalized spacial score (nSPS) is 12.8. The van der Waals surface area contributed by atoms with E-state index in [9.17, 15) is 19.5 Å². The van der Waals surface area contributed by atoms with Crippen LogP contribution in [0.1, 0.15) is 35.9 Å². The molecule has 0 aliphatic carbocycles. The molecule has 0 unspecified atom stereocenters. The van der Waals surface area contributed by atoms with E-state index in [0.717, 1.165) is 6.08 Å². The Morgan fingerprint density at radius 2 is 1.64 bits per heavy atom. The molecule has 0 spiro atoms. The number of ether oxygens (including phenoxy) is 1. The monoisotopic (exact) mass is 448 g/mol. The maximum absolute atomic E-state index is 12.7. The molecule has 0 radical (unpaired) electrons. The molecule has 0 heterocycles. The molecule has 2 amide bonds. The van der Waals surface area contributed by atoms with Crippen LogP contribution in [0.25, 0.3) is 10.8 Å². The number of nitrogens with one attached hydrogen (secondary N) is 2. The minimum absolute atomic E-state index is 0.0871. The SMILES string of the molecule is CC(=O)c1ccc(NC(=O)O[C@H](c2ccc(O)c3ccccc23)[C@@H](C)/C=C/C(=O)NO)cc1. The number of amides is 2. The smallest absolute Gasteiger partial charge is 0.412 e. The number of aromatic hydroxyl groups is 1. The lowest BCUT2D eigenvalue weighted by molar-refractivity contribution is -0.124. The number of hydrogen-bond acceptors (Lipinski definition) is 6. The second-order valence-corrected chi connectivity index (χ2v) is 7.50. The Bertz CT molecular complexity index is 1200. The Balaban J connectivity index is 1.91. The first-order valence-corrected chi connectivity index (χ1v) is 10.2. The average Bonchev–Trinajstić information content (AvgIpc) is 2.82. The van der Waals surface area contributed by atoms with E-state index in [1.165, 1.54) is 24.5 Å². The molecule has 170 valence electrons. The molecule has 3 aromatic carbocycles. The summed E-state index contributed by atoms with van der Waals surface area (Å²) >= 11 is 0. The lowest BCUT2D eigenvalue weighted by atomic mass is 9.92. The van der Waals surface area contributed by atoms with Crippen molar-refractivity contribution < 1.29 is 29.4 Å². The molecule has 0 saturated carbocycles. The molecule has 0 aliphatic heterocycles. The van der Waals surface area contributed by atoms with Gasteiger partial charge in [-0.2, -0.15) is 0 Å². The Labute approximate surface area is 190 Å². The molecule has 0 aliphatic rings. The maximum atomic E-state index is 12.7. The van der Waals surface area contributed by atoms with Crippen LogP contribution in [-0.2, 0) is 9.53 Å². The number of ketones is 1. The van der Waals surface area contributed by atoms with E-state index in [-0.39, 0.29) is 11.5 Å². The first-order valence-electron chi connectivity index (χ1n) is 10.2. The Morgan fingerprint density at radius 1 is 0.970 bits per heavy atom. The lowest BCUT2D eigenvalue weighted by Gasteiger charge is -2.24. The van der Waals surface area contributed by atoms with Crippen LogP contribution in [0.3, 0.4) is 0 Å². The van der Waals surface area contributed by atoms with Gasteiger partial charge in [-0.15, -0.1) is 0 Å². The van der Waals surface area contributed by atoms with Crippen molar-refractivity contribution >= 4 is 34.2 Å². The van der Waals surface area contributed by atoms with Gasteiger partial charge in [0.25, 0.3) is 5.91 Å². The van der Waals surface area contributed by atoms with Gasteiger partial charge in [-0.1, -0.05) is 43.3 Å². The van der Waals surface area contributed by atoms with Crippen molar-refractivity contribution in [3.8, 4) is 5.75 Å². The number of anilines is 1. The van der Waals surface area contributed by atoms with E-state index < -0.39 is 24.0 Å². The van der Waals surface area contributed by atoms with Crippen LogP contribution in [-0.4, -0.2) is 28.1 Å². The first kappa shape index (κ1) is 23.5. The van der Waals surface area contributed by atoms with E-state index in [0.29, 0.717) is 27.6 Å². The van der Waals surface area contributed by atoms with Gasteiger partial charge >= 0.3 is 6.09 Å². The number of carbonyl (C=O) groups is 3. The Kier molecular flexibility index (Phi) is 7.42. The lowest BCUT2D eigenvalue weighted by Crippen LogP contribution is -2.22. The highest BCUT2D eigenvalue weighted by Crippen LogP contribution is 2.36. The van der Waals surface area contributed by atoms with Crippen molar-refractivity contribution in [2.24, 2.45) is 5.92 Å². The summed E-state index contributed by atoms with van der Waals surface area (Å²) in [5.74, 6) is -1.19. The fourth-order valence-electron chi connectivity index (χ4n) is 3.44. The molecule has 0 bridgehead atoms. The molecule has 8 heteroatoms. The highest BCUT2D eigenvalue weighted by Gasteiger charge is 2.25. The van der Waals surface area contributed by atoms with Crippen LogP contribution >= 0.6 is 0 Å². The number of rotatable bonds is 7. The maximum Gasteiger partial charge on any atom is 0.412 e. The van der Waals surface area contributed by atoms with Gasteiger partial charge in [0, 0.05) is 34.2 Å². The summed E-state index contributed by atoms with van der Waals surface area (Å²) in [6, 6.07) is 16.7. The van der Waals surface area contributed by atoms with Crippen LogP contribution in [0.2, 0.25) is 0 Å². The van der Waals surface area contributed by atoms with Gasteiger partial charge in [0.1, 0.15) is 11.9 Å². The zero-order valence-electron chi connectivity index (χ0n) is 18.1. The summed E-state index contributed by atoms with van der Waals surface area (Å²) in [5, 5.41) is 22.9. The predicted molar refractivity (Wildman–Crippen MR) is 123 cm³/mol. The van der Waals surface area contributed by atoms with Crippen molar-refractivity contribution in [2.45, 2.75) is 20.0 Å². The molecule has 3 rings (SSSR count). The summed E-state index contributed by atoms with van der Waals surface area (Å²) in [4.78, 5) is 35.6. The number of fused-ring (bicyclic) bond motifs is 1. The van der Waals surface area contributed by atoms with Crippen molar-refractivity contribution in [1.82, 2.24) is 5.48 Å². The topological polar surface area (TPSA) is 125 Å². The van der Waals surface area contributed by atoms with Gasteiger partial charge in [0.2, 0.25) is 0 Å². The predicted octanol–water partition coefficient (Wildman–Crippen LogP) is 4.74. The Hall–Kier alpha value is -4.17. The number of benzene rings is 3. The number of phenolic OH excluding ortho intramolecular Hbond substituents is 1. The summed E-state index contributed by atoms with van der Waals surface area (Å²) in [6.07, 6.45) is 1.09. The van der Waals surface area contributed by atoms with E-state index in [4.69, 9.17) is 9.94 Å². The number of hydroxylamine groups is 1. The highest BCUT2D eigenvalue weighted by molar-refractivity contribution is 5.95. The summed E-state index contributed by atoms with van der Waals surface area (Å²) < 4.78 is 5.75. The number of carbonyl (C=O) groups excluding carboxylic acids is 3. The van der Waals surface area contributed by atoms with Crippen molar-refractivity contribution in [3.05, 3.63) is 83.9 Å². The van der Waals surface area contributed by atoms with Crippen LogP contribution < -0.4 is 10.8 Å². The Morgan fingerprint density at radius 3 is 2.27 bits per heavy atom. The van der Waals surface area contributed by atoms with Crippen molar-refractivity contribution in [1.29, 1.82) is 0 Å². The van der Waals surface area contributed by atoms with Gasteiger partial charge < -0.3 is 9.84 Å². The number of hydrogen-bond donors (Lipinski definition) is 4. The van der Waals surface area contributed by atoms with Crippen molar-refractivity contribution in [3.63, 3.8) is 0 Å². The molecule has 2 atom stereocenters. The molecule has 0 fully saturated rings. The zero-order valence-corrected chi connectivity index (χ0v) is 18.1. The van der Waals surface area contributed by atoms with Crippen LogP contribution in [0.4, 0.5) is 10.5 Å². The second-order valence-electron chi connectivity index (χ2n) is 7.50. The molecule has 0 saturated heterocycles.